The molecule has 2 atom stereocenters. The molecule has 0 fully saturated rings. The fraction of sp³-hybridized carbons (Fsp3) is 0.250. The summed E-state index contributed by atoms with van der Waals surface area (Å²) >= 11 is 0. The van der Waals surface area contributed by atoms with Crippen LogP contribution in [-0.2, 0) is 6.42 Å². The van der Waals surface area contributed by atoms with E-state index in [2.05, 4.69) is 23.5 Å². The average molecular weight is 239 g/mol. The first kappa shape index (κ1) is 11.3. The van der Waals surface area contributed by atoms with Crippen LogP contribution in [-0.4, -0.2) is 11.2 Å². The highest BCUT2D eigenvalue weighted by atomic mass is 16.3. The normalized spacial score (nSPS) is 22.3. The molecule has 0 saturated heterocycles. The van der Waals surface area contributed by atoms with Gasteiger partial charge in [0.1, 0.15) is 0 Å². The van der Waals surface area contributed by atoms with E-state index >= 15 is 0 Å². The lowest BCUT2D eigenvalue weighted by Gasteiger charge is -2.31. The van der Waals surface area contributed by atoms with E-state index in [0.717, 1.165) is 18.5 Å². The van der Waals surface area contributed by atoms with E-state index in [1.54, 1.807) is 0 Å². The van der Waals surface area contributed by atoms with Gasteiger partial charge in [-0.2, -0.15) is 0 Å². The second kappa shape index (κ2) is 4.83. The van der Waals surface area contributed by atoms with E-state index in [-0.39, 0.29) is 12.1 Å². The number of nitrogens with one attached hydrogen (secondary N) is 1. The van der Waals surface area contributed by atoms with Crippen LogP contribution in [0.5, 0.6) is 0 Å². The Morgan fingerprint density at radius 2 is 1.67 bits per heavy atom. The average Bonchev–Trinajstić information content (AvgIpc) is 2.43. The van der Waals surface area contributed by atoms with Crippen molar-refractivity contribution in [2.45, 2.75) is 25.0 Å². The minimum Gasteiger partial charge on any atom is -0.391 e. The molecule has 0 heterocycles. The molecule has 1 aliphatic rings. The summed E-state index contributed by atoms with van der Waals surface area (Å²) in [6.07, 6.45) is 1.46. The van der Waals surface area contributed by atoms with Crippen molar-refractivity contribution in [3.05, 3.63) is 65.7 Å². The molecule has 92 valence electrons. The Balaban J connectivity index is 1.91. The lowest BCUT2D eigenvalue weighted by Crippen LogP contribution is -2.30. The Morgan fingerprint density at radius 1 is 0.944 bits per heavy atom. The molecule has 2 heteroatoms. The van der Waals surface area contributed by atoms with Gasteiger partial charge in [-0.3, -0.25) is 0 Å². The van der Waals surface area contributed by atoms with Gasteiger partial charge < -0.3 is 10.4 Å². The maximum Gasteiger partial charge on any atom is 0.0786 e. The molecular weight excluding hydrogens is 222 g/mol. The monoisotopic (exact) mass is 239 g/mol. The van der Waals surface area contributed by atoms with Crippen molar-refractivity contribution < 1.29 is 5.11 Å². The number of aliphatic hydroxyl groups excluding tert-OH is 1. The first-order valence-electron chi connectivity index (χ1n) is 6.42. The van der Waals surface area contributed by atoms with Crippen LogP contribution in [0, 0.1) is 0 Å². The number of para-hydroxylation sites is 1. The van der Waals surface area contributed by atoms with Crippen LogP contribution >= 0.6 is 0 Å². The lowest BCUT2D eigenvalue weighted by atomic mass is 9.85. The molecule has 2 nitrogen and oxygen atoms in total. The number of hydrogen-bond acceptors (Lipinski definition) is 2. The Morgan fingerprint density at radius 3 is 2.50 bits per heavy atom. The number of aryl methyl sites for hydroxylation is 1. The van der Waals surface area contributed by atoms with Crippen molar-refractivity contribution in [2.75, 3.05) is 5.32 Å². The number of hydrogen-bond donors (Lipinski definition) is 2. The highest BCUT2D eigenvalue weighted by molar-refractivity contribution is 5.47. The van der Waals surface area contributed by atoms with E-state index < -0.39 is 0 Å². The summed E-state index contributed by atoms with van der Waals surface area (Å²) in [5, 5.41) is 13.7. The van der Waals surface area contributed by atoms with Gasteiger partial charge >= 0.3 is 0 Å². The molecule has 18 heavy (non-hydrogen) atoms. The first-order valence-corrected chi connectivity index (χ1v) is 6.42. The van der Waals surface area contributed by atoms with Crippen molar-refractivity contribution in [3.8, 4) is 0 Å². The minimum absolute atomic E-state index is 0.00245. The molecule has 3 rings (SSSR count). The summed E-state index contributed by atoms with van der Waals surface area (Å²) in [6, 6.07) is 18.4. The Kier molecular flexibility index (Phi) is 3.03. The van der Waals surface area contributed by atoms with Gasteiger partial charge in [-0.1, -0.05) is 42.5 Å². The second-order valence-electron chi connectivity index (χ2n) is 4.79. The Labute approximate surface area is 107 Å². The minimum atomic E-state index is -0.319. The van der Waals surface area contributed by atoms with Crippen molar-refractivity contribution in [2.24, 2.45) is 0 Å². The molecule has 2 aromatic rings. The van der Waals surface area contributed by atoms with Crippen LogP contribution in [0.15, 0.2) is 54.6 Å². The first-order chi connectivity index (χ1) is 8.84. The van der Waals surface area contributed by atoms with E-state index in [1.807, 2.05) is 36.4 Å². The number of benzene rings is 2. The van der Waals surface area contributed by atoms with Gasteiger partial charge in [-0.15, -0.1) is 0 Å². The molecule has 1 aliphatic carbocycles. The zero-order valence-electron chi connectivity index (χ0n) is 10.2. The predicted molar refractivity (Wildman–Crippen MR) is 73.6 cm³/mol. The van der Waals surface area contributed by atoms with Gasteiger partial charge in [0.2, 0.25) is 0 Å². The molecule has 0 amide bonds. The van der Waals surface area contributed by atoms with Gasteiger partial charge in [0.15, 0.2) is 0 Å². The molecule has 2 unspecified atom stereocenters. The van der Waals surface area contributed by atoms with Crippen LogP contribution in [0.1, 0.15) is 23.6 Å². The second-order valence-corrected chi connectivity index (χ2v) is 4.79. The van der Waals surface area contributed by atoms with Crippen LogP contribution in [0.3, 0.4) is 0 Å². The van der Waals surface area contributed by atoms with Crippen LogP contribution in [0.2, 0.25) is 0 Å². The van der Waals surface area contributed by atoms with E-state index in [4.69, 9.17) is 0 Å². The molecule has 0 radical (unpaired) electrons. The largest absolute Gasteiger partial charge is 0.391 e. The van der Waals surface area contributed by atoms with Crippen molar-refractivity contribution in [1.82, 2.24) is 0 Å². The summed E-state index contributed by atoms with van der Waals surface area (Å²) in [7, 11) is 0. The number of fused-ring (bicyclic) bond motifs is 1. The van der Waals surface area contributed by atoms with E-state index in [9.17, 15) is 5.11 Å². The van der Waals surface area contributed by atoms with E-state index in [0.29, 0.717) is 0 Å². The van der Waals surface area contributed by atoms with Crippen molar-refractivity contribution in [3.63, 3.8) is 0 Å². The third-order valence-electron chi connectivity index (χ3n) is 3.58. The maximum atomic E-state index is 10.2. The van der Waals surface area contributed by atoms with Crippen LogP contribution < -0.4 is 5.32 Å². The lowest BCUT2D eigenvalue weighted by molar-refractivity contribution is 0.135. The molecule has 2 N–H and O–H groups in total. The molecule has 0 saturated carbocycles. The number of anilines is 1. The topological polar surface area (TPSA) is 32.3 Å². The van der Waals surface area contributed by atoms with Gasteiger partial charge in [-0.05, 0) is 36.1 Å². The van der Waals surface area contributed by atoms with Gasteiger partial charge in [0, 0.05) is 5.69 Å². The predicted octanol–water partition coefficient (Wildman–Crippen LogP) is 3.15. The Bertz CT molecular complexity index is 524. The molecule has 0 aliphatic heterocycles. The molecule has 2 aromatic carbocycles. The third kappa shape index (κ3) is 2.12. The van der Waals surface area contributed by atoms with Crippen molar-refractivity contribution >= 4 is 5.69 Å². The summed E-state index contributed by atoms with van der Waals surface area (Å²) in [5.41, 5.74) is 3.62. The summed E-state index contributed by atoms with van der Waals surface area (Å²) in [6.45, 7) is 0. The third-order valence-corrected chi connectivity index (χ3v) is 3.58. The summed E-state index contributed by atoms with van der Waals surface area (Å²) in [4.78, 5) is 0. The maximum absolute atomic E-state index is 10.2. The fourth-order valence-electron chi connectivity index (χ4n) is 2.63. The Hall–Kier alpha value is -1.80. The zero-order valence-corrected chi connectivity index (χ0v) is 10.2. The van der Waals surface area contributed by atoms with Crippen LogP contribution in [0.25, 0.3) is 0 Å². The standard InChI is InChI=1S/C16H17NO/c18-15-11-10-12-6-4-5-9-14(12)16(15)17-13-7-2-1-3-8-13/h1-9,15-18H,10-11H2. The summed E-state index contributed by atoms with van der Waals surface area (Å²) < 4.78 is 0. The fourth-order valence-corrected chi connectivity index (χ4v) is 2.63. The molecular formula is C16H17NO. The molecule has 0 aromatic heterocycles. The number of rotatable bonds is 2. The SMILES string of the molecule is OC1CCc2ccccc2C1Nc1ccccc1. The quantitative estimate of drug-likeness (QED) is 0.843. The summed E-state index contributed by atoms with van der Waals surface area (Å²) in [5.74, 6) is 0. The number of aliphatic hydroxyl groups is 1. The highest BCUT2D eigenvalue weighted by Crippen LogP contribution is 2.32. The smallest absolute Gasteiger partial charge is 0.0786 e. The van der Waals surface area contributed by atoms with Gasteiger partial charge in [0.05, 0.1) is 12.1 Å². The van der Waals surface area contributed by atoms with E-state index in [1.165, 1.54) is 11.1 Å². The zero-order chi connectivity index (χ0) is 12.4. The van der Waals surface area contributed by atoms with Crippen molar-refractivity contribution in [1.29, 1.82) is 0 Å². The molecule has 0 bridgehead atoms. The van der Waals surface area contributed by atoms with Gasteiger partial charge in [0.25, 0.3) is 0 Å². The van der Waals surface area contributed by atoms with Crippen LogP contribution in [0.4, 0.5) is 5.69 Å². The van der Waals surface area contributed by atoms with Gasteiger partial charge in [-0.25, -0.2) is 0 Å². The molecule has 0 spiro atoms. The highest BCUT2D eigenvalue weighted by Gasteiger charge is 2.27.